The summed E-state index contributed by atoms with van der Waals surface area (Å²) in [6.07, 6.45) is 1.83. The van der Waals surface area contributed by atoms with E-state index < -0.39 is 0 Å². The number of nitrogens with one attached hydrogen (secondary N) is 1. The second-order valence-electron chi connectivity index (χ2n) is 7.66. The number of benzene rings is 2. The van der Waals surface area contributed by atoms with Gasteiger partial charge in [0.25, 0.3) is 0 Å². The highest BCUT2D eigenvalue weighted by Crippen LogP contribution is 2.25. The smallest absolute Gasteiger partial charge is 0.246 e. The minimum Gasteiger partial charge on any atom is -0.497 e. The van der Waals surface area contributed by atoms with Crippen LogP contribution in [0.5, 0.6) is 5.75 Å². The second kappa shape index (κ2) is 10.2. The lowest BCUT2D eigenvalue weighted by Crippen LogP contribution is -2.49. The van der Waals surface area contributed by atoms with Crippen molar-refractivity contribution in [2.24, 2.45) is 0 Å². The van der Waals surface area contributed by atoms with Crippen LogP contribution in [-0.4, -0.2) is 54.0 Å². The first kappa shape index (κ1) is 21.0. The van der Waals surface area contributed by atoms with Crippen LogP contribution in [0.15, 0.2) is 79.0 Å². The molecular weight excluding hydrogens is 388 g/mol. The van der Waals surface area contributed by atoms with Crippen LogP contribution >= 0.6 is 0 Å². The Morgan fingerprint density at radius 3 is 2.32 bits per heavy atom. The average Bonchev–Trinajstić information content (AvgIpc) is 2.82. The summed E-state index contributed by atoms with van der Waals surface area (Å²) in [6, 6.07) is 23.1. The van der Waals surface area contributed by atoms with Crippen molar-refractivity contribution in [3.8, 4) is 5.75 Å². The summed E-state index contributed by atoms with van der Waals surface area (Å²) in [4.78, 5) is 22.4. The summed E-state index contributed by atoms with van der Waals surface area (Å²) < 4.78 is 5.21. The van der Waals surface area contributed by atoms with Gasteiger partial charge in [0.2, 0.25) is 5.91 Å². The Hall–Kier alpha value is -3.22. The van der Waals surface area contributed by atoms with Gasteiger partial charge in [0, 0.05) is 44.6 Å². The summed E-state index contributed by atoms with van der Waals surface area (Å²) in [7, 11) is 1.63. The first-order valence-electron chi connectivity index (χ1n) is 10.6. The lowest BCUT2D eigenvalue weighted by Gasteiger charge is -2.38. The molecule has 1 unspecified atom stereocenters. The molecule has 1 fully saturated rings. The Morgan fingerprint density at radius 1 is 0.968 bits per heavy atom. The van der Waals surface area contributed by atoms with E-state index in [2.05, 4.69) is 26.2 Å². The van der Waals surface area contributed by atoms with E-state index in [4.69, 9.17) is 4.74 Å². The summed E-state index contributed by atoms with van der Waals surface area (Å²) in [5, 5.41) is 3.08. The molecule has 0 bridgehead atoms. The zero-order valence-corrected chi connectivity index (χ0v) is 17.8. The number of amides is 1. The predicted octanol–water partition coefficient (Wildman–Crippen LogP) is 3.59. The predicted molar refractivity (Wildman–Crippen MR) is 122 cm³/mol. The van der Waals surface area contributed by atoms with Crippen molar-refractivity contribution in [1.29, 1.82) is 0 Å². The van der Waals surface area contributed by atoms with E-state index >= 15 is 0 Å². The molecule has 0 spiro atoms. The summed E-state index contributed by atoms with van der Waals surface area (Å²) in [5.74, 6) is 0.746. The van der Waals surface area contributed by atoms with Crippen molar-refractivity contribution >= 4 is 11.6 Å². The number of methoxy groups -OCH3 is 1. The Balaban J connectivity index is 1.45. The van der Waals surface area contributed by atoms with E-state index in [1.54, 1.807) is 7.11 Å². The number of aromatic nitrogens is 1. The highest BCUT2D eigenvalue weighted by molar-refractivity contribution is 5.95. The molecular formula is C25H28N4O2. The van der Waals surface area contributed by atoms with Crippen LogP contribution in [-0.2, 0) is 11.3 Å². The molecule has 0 radical (unpaired) electrons. The van der Waals surface area contributed by atoms with Gasteiger partial charge in [0.15, 0.2) is 0 Å². The Kier molecular flexibility index (Phi) is 6.92. The van der Waals surface area contributed by atoms with Crippen LogP contribution in [0, 0.1) is 0 Å². The maximum atomic E-state index is 13.3. The van der Waals surface area contributed by atoms with Gasteiger partial charge in [-0.25, -0.2) is 0 Å². The third-order valence-electron chi connectivity index (χ3n) is 5.60. The second-order valence-corrected chi connectivity index (χ2v) is 7.66. The fourth-order valence-electron chi connectivity index (χ4n) is 3.95. The van der Waals surface area contributed by atoms with Crippen molar-refractivity contribution in [3.05, 3.63) is 90.3 Å². The van der Waals surface area contributed by atoms with E-state index in [1.807, 2.05) is 72.9 Å². The number of hydrogen-bond donors (Lipinski definition) is 1. The fourth-order valence-corrected chi connectivity index (χ4v) is 3.95. The average molecular weight is 417 g/mol. The largest absolute Gasteiger partial charge is 0.497 e. The number of pyridine rings is 1. The molecule has 6 heteroatoms. The molecule has 0 saturated carbocycles. The molecule has 1 aliphatic heterocycles. The molecule has 6 nitrogen and oxygen atoms in total. The third-order valence-corrected chi connectivity index (χ3v) is 5.60. The van der Waals surface area contributed by atoms with Gasteiger partial charge in [0.1, 0.15) is 11.8 Å². The number of anilines is 1. The topological polar surface area (TPSA) is 57.7 Å². The molecule has 1 aliphatic rings. The van der Waals surface area contributed by atoms with Gasteiger partial charge in [-0.1, -0.05) is 36.4 Å². The Bertz CT molecular complexity index is 956. The third kappa shape index (κ3) is 5.48. The van der Waals surface area contributed by atoms with Crippen molar-refractivity contribution in [3.63, 3.8) is 0 Å². The first-order valence-corrected chi connectivity index (χ1v) is 10.6. The van der Waals surface area contributed by atoms with Crippen LogP contribution < -0.4 is 10.1 Å². The molecule has 0 aliphatic carbocycles. The van der Waals surface area contributed by atoms with Gasteiger partial charge in [0.05, 0.1) is 12.8 Å². The number of hydrogen-bond acceptors (Lipinski definition) is 5. The van der Waals surface area contributed by atoms with Crippen molar-refractivity contribution < 1.29 is 9.53 Å². The standard InChI is InChI=1S/C25H28N4O2/c1-31-23-12-10-21(11-13-23)27-25(30)24(20-7-3-2-4-8-20)29-17-15-28(16-18-29)19-22-9-5-6-14-26-22/h2-14,24H,15-19H2,1H3,(H,27,30). The van der Waals surface area contributed by atoms with Crippen molar-refractivity contribution in [2.45, 2.75) is 12.6 Å². The van der Waals surface area contributed by atoms with Crippen molar-refractivity contribution in [1.82, 2.24) is 14.8 Å². The van der Waals surface area contributed by atoms with Crippen LogP contribution in [0.2, 0.25) is 0 Å². The quantitative estimate of drug-likeness (QED) is 0.638. The van der Waals surface area contributed by atoms with E-state index in [0.717, 1.165) is 55.4 Å². The maximum Gasteiger partial charge on any atom is 0.246 e. The monoisotopic (exact) mass is 416 g/mol. The lowest BCUT2D eigenvalue weighted by molar-refractivity contribution is -0.122. The van der Waals surface area contributed by atoms with Gasteiger partial charge in [-0.3, -0.25) is 19.6 Å². The zero-order valence-electron chi connectivity index (χ0n) is 17.8. The van der Waals surface area contributed by atoms with Gasteiger partial charge in [-0.15, -0.1) is 0 Å². The molecule has 1 atom stereocenters. The van der Waals surface area contributed by atoms with Crippen LogP contribution in [0.4, 0.5) is 5.69 Å². The van der Waals surface area contributed by atoms with Gasteiger partial charge in [-0.05, 0) is 42.0 Å². The number of piperazine rings is 1. The first-order chi connectivity index (χ1) is 15.2. The van der Waals surface area contributed by atoms with E-state index in [0.29, 0.717) is 0 Å². The highest BCUT2D eigenvalue weighted by atomic mass is 16.5. The number of ether oxygens (including phenoxy) is 1. The Labute approximate surface area is 183 Å². The summed E-state index contributed by atoms with van der Waals surface area (Å²) in [6.45, 7) is 4.28. The highest BCUT2D eigenvalue weighted by Gasteiger charge is 2.30. The molecule has 1 saturated heterocycles. The summed E-state index contributed by atoms with van der Waals surface area (Å²) >= 11 is 0. The Morgan fingerprint density at radius 2 is 1.68 bits per heavy atom. The molecule has 1 aromatic heterocycles. The molecule has 1 N–H and O–H groups in total. The minimum absolute atomic E-state index is 0.0189. The van der Waals surface area contributed by atoms with Crippen LogP contribution in [0.1, 0.15) is 17.3 Å². The molecule has 160 valence electrons. The number of carbonyl (C=O) groups is 1. The van der Waals surface area contributed by atoms with E-state index in [1.165, 1.54) is 0 Å². The van der Waals surface area contributed by atoms with Gasteiger partial charge < -0.3 is 10.1 Å². The SMILES string of the molecule is COc1ccc(NC(=O)C(c2ccccc2)N2CCN(Cc3ccccn3)CC2)cc1. The maximum absolute atomic E-state index is 13.3. The van der Waals surface area contributed by atoms with E-state index in [-0.39, 0.29) is 11.9 Å². The number of rotatable bonds is 7. The molecule has 1 amide bonds. The fraction of sp³-hybridized carbons (Fsp3) is 0.280. The van der Waals surface area contributed by atoms with Gasteiger partial charge in [-0.2, -0.15) is 0 Å². The molecule has 2 heterocycles. The normalized spacial score (nSPS) is 15.9. The van der Waals surface area contributed by atoms with Crippen LogP contribution in [0.25, 0.3) is 0 Å². The van der Waals surface area contributed by atoms with Crippen LogP contribution in [0.3, 0.4) is 0 Å². The minimum atomic E-state index is -0.333. The zero-order chi connectivity index (χ0) is 21.5. The van der Waals surface area contributed by atoms with E-state index in [9.17, 15) is 4.79 Å². The van der Waals surface area contributed by atoms with Gasteiger partial charge >= 0.3 is 0 Å². The summed E-state index contributed by atoms with van der Waals surface area (Å²) in [5.41, 5.74) is 2.85. The molecule has 4 rings (SSSR count). The molecule has 2 aromatic carbocycles. The molecule has 31 heavy (non-hydrogen) atoms. The lowest BCUT2D eigenvalue weighted by atomic mass is 10.0. The van der Waals surface area contributed by atoms with Crippen molar-refractivity contribution in [2.75, 3.05) is 38.6 Å². The number of carbonyl (C=O) groups excluding carboxylic acids is 1. The number of nitrogens with zero attached hydrogens (tertiary/aromatic N) is 3. The molecule has 3 aromatic rings.